The van der Waals surface area contributed by atoms with E-state index in [1.807, 2.05) is 36.4 Å². The van der Waals surface area contributed by atoms with E-state index in [1.54, 1.807) is 6.07 Å². The minimum Gasteiger partial charge on any atom is -0.507 e. The number of rotatable bonds is 0. The maximum absolute atomic E-state index is 9.37. The van der Waals surface area contributed by atoms with Crippen molar-refractivity contribution < 1.29 is 5.11 Å². The van der Waals surface area contributed by atoms with E-state index in [4.69, 9.17) is 0 Å². The van der Waals surface area contributed by atoms with Crippen LogP contribution in [0.15, 0.2) is 42.5 Å². The third-order valence-electron chi connectivity index (χ3n) is 1.77. The third kappa shape index (κ3) is 1.34. The van der Waals surface area contributed by atoms with E-state index < -0.39 is 0 Å². The molecule has 0 bridgehead atoms. The first-order valence-corrected chi connectivity index (χ1v) is 3.54. The zero-order valence-corrected chi connectivity index (χ0v) is 7.49. The number of benzene rings is 2. The van der Waals surface area contributed by atoms with Gasteiger partial charge in [-0.25, -0.2) is 0 Å². The zero-order chi connectivity index (χ0) is 7.68. The van der Waals surface area contributed by atoms with E-state index in [9.17, 15) is 5.11 Å². The molecule has 4 radical (unpaired) electrons. The Bertz CT molecular complexity index is 379. The Morgan fingerprint density at radius 3 is 2.25 bits per heavy atom. The highest BCUT2D eigenvalue weighted by Crippen LogP contribution is 2.22. The molecule has 2 aromatic rings. The fraction of sp³-hybridized carbons (Fsp3) is 0. The van der Waals surface area contributed by atoms with Crippen LogP contribution in [-0.2, 0) is 0 Å². The number of hydrogen-bond donors (Lipinski definition) is 1. The second-order valence-corrected chi connectivity index (χ2v) is 2.50. The molecule has 0 unspecified atom stereocenters. The molecule has 1 N–H and O–H groups in total. The van der Waals surface area contributed by atoms with E-state index in [0.29, 0.717) is 5.75 Å². The molecule has 2 rings (SSSR count). The molecule has 0 aliphatic rings. The summed E-state index contributed by atoms with van der Waals surface area (Å²) in [7, 11) is 0. The smallest absolute Gasteiger partial charge is 0.123 e. The molecule has 2 heteroatoms. The minimum absolute atomic E-state index is 0. The van der Waals surface area contributed by atoms with Gasteiger partial charge in [0.15, 0.2) is 0 Å². The molecule has 0 aromatic heterocycles. The number of hydrogen-bond acceptors (Lipinski definition) is 1. The van der Waals surface area contributed by atoms with Gasteiger partial charge in [-0.1, -0.05) is 36.4 Å². The van der Waals surface area contributed by atoms with Gasteiger partial charge in [0, 0.05) is 16.4 Å². The summed E-state index contributed by atoms with van der Waals surface area (Å²) < 4.78 is 0. The lowest BCUT2D eigenvalue weighted by atomic mass is 10.1. The van der Waals surface area contributed by atoms with E-state index in [0.717, 1.165) is 10.8 Å². The van der Waals surface area contributed by atoms with Gasteiger partial charge >= 0.3 is 0 Å². The highest BCUT2D eigenvalue weighted by atomic mass is 28.1. The van der Waals surface area contributed by atoms with Gasteiger partial charge in [0.1, 0.15) is 5.75 Å². The molecule has 1 nitrogen and oxygen atoms in total. The van der Waals surface area contributed by atoms with Gasteiger partial charge in [-0.05, 0) is 11.5 Å². The van der Waals surface area contributed by atoms with Crippen LogP contribution >= 0.6 is 0 Å². The summed E-state index contributed by atoms with van der Waals surface area (Å²) >= 11 is 0. The lowest BCUT2D eigenvalue weighted by Gasteiger charge is -1.97. The molecule has 2 aromatic carbocycles. The standard InChI is InChI=1S/C10H8O.Si/c11-10-7-3-5-8-4-1-2-6-9(8)10;/h1-7,11H;. The van der Waals surface area contributed by atoms with Crippen LogP contribution in [0.3, 0.4) is 0 Å². The number of fused-ring (bicyclic) bond motifs is 1. The first kappa shape index (κ1) is 8.81. The van der Waals surface area contributed by atoms with Crippen LogP contribution in [0.1, 0.15) is 0 Å². The van der Waals surface area contributed by atoms with Gasteiger partial charge in [-0.2, -0.15) is 0 Å². The second kappa shape index (κ2) is 3.41. The van der Waals surface area contributed by atoms with Gasteiger partial charge in [-0.15, -0.1) is 0 Å². The molecule has 0 saturated carbocycles. The summed E-state index contributed by atoms with van der Waals surface area (Å²) in [5.41, 5.74) is 0. The normalized spacial score (nSPS) is 9.33. The first-order valence-electron chi connectivity index (χ1n) is 3.54. The molecule has 0 spiro atoms. The highest BCUT2D eigenvalue weighted by Gasteiger charge is 1.94. The second-order valence-electron chi connectivity index (χ2n) is 2.50. The summed E-state index contributed by atoms with van der Waals surface area (Å²) in [5.74, 6) is 0.350. The molecule has 0 atom stereocenters. The van der Waals surface area contributed by atoms with E-state index in [2.05, 4.69) is 0 Å². The number of aromatic hydroxyl groups is 1. The number of phenolic OH excluding ortho intramolecular Hbond substituents is 1. The monoisotopic (exact) mass is 172 g/mol. The fourth-order valence-electron chi connectivity index (χ4n) is 1.21. The topological polar surface area (TPSA) is 20.2 Å². The van der Waals surface area contributed by atoms with Crippen molar-refractivity contribution in [3.8, 4) is 5.75 Å². The zero-order valence-electron chi connectivity index (χ0n) is 6.49. The van der Waals surface area contributed by atoms with Gasteiger partial charge < -0.3 is 5.11 Å². The average molecular weight is 172 g/mol. The molecule has 12 heavy (non-hydrogen) atoms. The fourth-order valence-corrected chi connectivity index (χ4v) is 1.21. The largest absolute Gasteiger partial charge is 0.507 e. The molecule has 0 aliphatic heterocycles. The average Bonchev–Trinajstić information content (AvgIpc) is 2.06. The predicted octanol–water partition coefficient (Wildman–Crippen LogP) is 2.16. The van der Waals surface area contributed by atoms with Gasteiger partial charge in [0.25, 0.3) is 0 Å². The summed E-state index contributed by atoms with van der Waals surface area (Å²) in [6, 6.07) is 13.3. The van der Waals surface area contributed by atoms with Crippen molar-refractivity contribution in [3.63, 3.8) is 0 Å². The van der Waals surface area contributed by atoms with Crippen molar-refractivity contribution in [1.29, 1.82) is 0 Å². The summed E-state index contributed by atoms with van der Waals surface area (Å²) in [5, 5.41) is 11.4. The molecular formula is C10H8OSi. The predicted molar refractivity (Wildman–Crippen MR) is 51.4 cm³/mol. The third-order valence-corrected chi connectivity index (χ3v) is 1.77. The van der Waals surface area contributed by atoms with Crippen LogP contribution in [0.4, 0.5) is 0 Å². The van der Waals surface area contributed by atoms with Gasteiger partial charge in [0.05, 0.1) is 0 Å². The lowest BCUT2D eigenvalue weighted by molar-refractivity contribution is 0.481. The van der Waals surface area contributed by atoms with Crippen LogP contribution in [0.2, 0.25) is 0 Å². The van der Waals surface area contributed by atoms with Crippen molar-refractivity contribution in [2.45, 2.75) is 0 Å². The Balaban J connectivity index is 0.000000720. The van der Waals surface area contributed by atoms with E-state index in [-0.39, 0.29) is 11.0 Å². The molecule has 0 heterocycles. The van der Waals surface area contributed by atoms with Crippen LogP contribution in [0.25, 0.3) is 10.8 Å². The van der Waals surface area contributed by atoms with Crippen LogP contribution in [-0.4, -0.2) is 16.1 Å². The minimum atomic E-state index is 0. The Hall–Kier alpha value is -1.28. The molecule has 0 aliphatic carbocycles. The Labute approximate surface area is 75.7 Å². The maximum Gasteiger partial charge on any atom is 0.123 e. The van der Waals surface area contributed by atoms with Crippen molar-refractivity contribution in [2.75, 3.05) is 0 Å². The Morgan fingerprint density at radius 2 is 1.50 bits per heavy atom. The Kier molecular flexibility index (Phi) is 2.50. The Morgan fingerprint density at radius 1 is 0.833 bits per heavy atom. The van der Waals surface area contributed by atoms with E-state index >= 15 is 0 Å². The number of phenols is 1. The maximum atomic E-state index is 9.37. The molecule has 0 fully saturated rings. The quantitative estimate of drug-likeness (QED) is 0.604. The molecule has 0 saturated heterocycles. The first-order chi connectivity index (χ1) is 5.38. The van der Waals surface area contributed by atoms with Crippen molar-refractivity contribution >= 4 is 21.7 Å². The molecule has 58 valence electrons. The molecule has 0 amide bonds. The van der Waals surface area contributed by atoms with E-state index in [1.165, 1.54) is 0 Å². The van der Waals surface area contributed by atoms with Crippen LogP contribution in [0, 0.1) is 0 Å². The summed E-state index contributed by atoms with van der Waals surface area (Å²) in [6.45, 7) is 0. The van der Waals surface area contributed by atoms with Gasteiger partial charge in [-0.3, -0.25) is 0 Å². The van der Waals surface area contributed by atoms with Crippen molar-refractivity contribution in [1.82, 2.24) is 0 Å². The van der Waals surface area contributed by atoms with Crippen LogP contribution in [0.5, 0.6) is 5.75 Å². The van der Waals surface area contributed by atoms with Crippen molar-refractivity contribution in [3.05, 3.63) is 42.5 Å². The summed E-state index contributed by atoms with van der Waals surface area (Å²) in [6.07, 6.45) is 0. The van der Waals surface area contributed by atoms with Gasteiger partial charge in [0.2, 0.25) is 0 Å². The van der Waals surface area contributed by atoms with Crippen LogP contribution < -0.4 is 0 Å². The summed E-state index contributed by atoms with van der Waals surface area (Å²) in [4.78, 5) is 0. The molecular weight excluding hydrogens is 164 g/mol. The SMILES string of the molecule is Oc1cccc2ccccc12.[Si]. The highest BCUT2D eigenvalue weighted by molar-refractivity contribution is 5.87. The van der Waals surface area contributed by atoms with Crippen molar-refractivity contribution in [2.24, 2.45) is 0 Å². The lowest BCUT2D eigenvalue weighted by Crippen LogP contribution is -1.70.